The molecule has 1 N–H and O–H groups in total. The minimum Gasteiger partial charge on any atom is -0.452 e. The van der Waals surface area contributed by atoms with E-state index in [-0.39, 0.29) is 4.90 Å². The van der Waals surface area contributed by atoms with Gasteiger partial charge >= 0.3 is 5.97 Å². The molecular formula is C22H23ClN2O6S. The summed E-state index contributed by atoms with van der Waals surface area (Å²) in [4.78, 5) is 24.1. The second kappa shape index (κ2) is 10.7. The third kappa shape index (κ3) is 6.17. The van der Waals surface area contributed by atoms with Crippen molar-refractivity contribution in [1.82, 2.24) is 4.31 Å². The van der Waals surface area contributed by atoms with Gasteiger partial charge in [0.15, 0.2) is 6.61 Å². The normalized spacial score (nSPS) is 14.9. The number of amides is 1. The lowest BCUT2D eigenvalue weighted by Crippen LogP contribution is -2.40. The van der Waals surface area contributed by atoms with E-state index in [0.717, 1.165) is 0 Å². The molecule has 1 saturated heterocycles. The molecule has 3 rings (SSSR count). The highest BCUT2D eigenvalue weighted by molar-refractivity contribution is 7.89. The first-order chi connectivity index (χ1) is 15.3. The number of morpholine rings is 1. The number of halogens is 1. The summed E-state index contributed by atoms with van der Waals surface area (Å²) >= 11 is 6.01. The second-order valence-electron chi connectivity index (χ2n) is 6.99. The molecule has 2 aromatic carbocycles. The molecule has 32 heavy (non-hydrogen) atoms. The molecule has 2 aromatic rings. The van der Waals surface area contributed by atoms with Crippen LogP contribution in [0.3, 0.4) is 0 Å². The first kappa shape index (κ1) is 23.9. The van der Waals surface area contributed by atoms with Crippen molar-refractivity contribution in [2.75, 3.05) is 38.2 Å². The Morgan fingerprint density at radius 1 is 1.16 bits per heavy atom. The van der Waals surface area contributed by atoms with Crippen LogP contribution in [0.2, 0.25) is 5.02 Å². The van der Waals surface area contributed by atoms with Crippen LogP contribution < -0.4 is 5.32 Å². The van der Waals surface area contributed by atoms with Crippen molar-refractivity contribution in [2.24, 2.45) is 0 Å². The average molecular weight is 479 g/mol. The van der Waals surface area contributed by atoms with Crippen LogP contribution in [0.15, 0.2) is 53.4 Å². The summed E-state index contributed by atoms with van der Waals surface area (Å²) in [6.45, 7) is 2.70. The lowest BCUT2D eigenvalue weighted by atomic mass is 10.2. The molecular weight excluding hydrogens is 456 g/mol. The van der Waals surface area contributed by atoms with Gasteiger partial charge in [-0.3, -0.25) is 4.79 Å². The highest BCUT2D eigenvalue weighted by Crippen LogP contribution is 2.23. The van der Waals surface area contributed by atoms with E-state index in [1.54, 1.807) is 37.3 Å². The van der Waals surface area contributed by atoms with E-state index in [2.05, 4.69) is 5.32 Å². The van der Waals surface area contributed by atoms with Crippen LogP contribution in [0.4, 0.5) is 5.69 Å². The van der Waals surface area contributed by atoms with Crippen molar-refractivity contribution in [1.29, 1.82) is 0 Å². The number of sulfonamides is 1. The van der Waals surface area contributed by atoms with E-state index in [1.165, 1.54) is 28.6 Å². The average Bonchev–Trinajstić information content (AvgIpc) is 2.80. The van der Waals surface area contributed by atoms with Gasteiger partial charge in [-0.25, -0.2) is 13.2 Å². The summed E-state index contributed by atoms with van der Waals surface area (Å²) in [5.41, 5.74) is 1.87. The van der Waals surface area contributed by atoms with E-state index in [0.29, 0.717) is 48.1 Å². The highest BCUT2D eigenvalue weighted by Gasteiger charge is 2.25. The summed E-state index contributed by atoms with van der Waals surface area (Å²) in [5, 5.41) is 3.15. The first-order valence-electron chi connectivity index (χ1n) is 9.85. The maximum absolute atomic E-state index is 12.6. The van der Waals surface area contributed by atoms with Gasteiger partial charge in [0.25, 0.3) is 5.91 Å². The number of carbonyl (C=O) groups excluding carboxylic acids is 2. The second-order valence-corrected chi connectivity index (χ2v) is 9.33. The molecule has 0 unspecified atom stereocenters. The van der Waals surface area contributed by atoms with Crippen molar-refractivity contribution >= 4 is 45.3 Å². The Morgan fingerprint density at radius 3 is 2.53 bits per heavy atom. The summed E-state index contributed by atoms with van der Waals surface area (Å²) in [7, 11) is -3.58. The topological polar surface area (TPSA) is 102 Å². The Balaban J connectivity index is 1.52. The molecule has 0 bridgehead atoms. The molecule has 0 radical (unpaired) electrons. The van der Waals surface area contributed by atoms with E-state index < -0.39 is 28.5 Å². The van der Waals surface area contributed by atoms with Gasteiger partial charge in [-0.05, 0) is 48.4 Å². The van der Waals surface area contributed by atoms with Gasteiger partial charge in [-0.15, -0.1) is 0 Å². The number of anilines is 1. The van der Waals surface area contributed by atoms with Gasteiger partial charge in [0.2, 0.25) is 10.0 Å². The van der Waals surface area contributed by atoms with E-state index in [4.69, 9.17) is 21.1 Å². The molecule has 1 aliphatic rings. The van der Waals surface area contributed by atoms with Crippen LogP contribution in [-0.4, -0.2) is 57.5 Å². The first-order valence-corrected chi connectivity index (χ1v) is 11.7. The van der Waals surface area contributed by atoms with E-state index >= 15 is 0 Å². The van der Waals surface area contributed by atoms with Gasteiger partial charge in [-0.1, -0.05) is 29.8 Å². The zero-order valence-corrected chi connectivity index (χ0v) is 19.0. The van der Waals surface area contributed by atoms with Crippen LogP contribution in [0.5, 0.6) is 0 Å². The lowest BCUT2D eigenvalue weighted by molar-refractivity contribution is -0.142. The lowest BCUT2D eigenvalue weighted by Gasteiger charge is -2.26. The number of benzene rings is 2. The van der Waals surface area contributed by atoms with Crippen molar-refractivity contribution in [3.63, 3.8) is 0 Å². The minimum atomic E-state index is -3.58. The SMILES string of the molecule is Cc1c(Cl)cccc1NC(=O)COC(=O)/C=C/c1ccc(S(=O)(=O)N2CCOCC2)cc1. The third-order valence-electron chi connectivity index (χ3n) is 4.79. The number of carbonyl (C=O) groups is 2. The van der Waals surface area contributed by atoms with Crippen LogP contribution in [0.25, 0.3) is 6.08 Å². The highest BCUT2D eigenvalue weighted by atomic mass is 35.5. The smallest absolute Gasteiger partial charge is 0.331 e. The van der Waals surface area contributed by atoms with Crippen LogP contribution in [-0.2, 0) is 29.1 Å². The monoisotopic (exact) mass is 478 g/mol. The van der Waals surface area contributed by atoms with Gasteiger partial charge in [0.1, 0.15) is 0 Å². The quantitative estimate of drug-likeness (QED) is 0.485. The largest absolute Gasteiger partial charge is 0.452 e. The van der Waals surface area contributed by atoms with Crippen LogP contribution in [0.1, 0.15) is 11.1 Å². The van der Waals surface area contributed by atoms with Crippen molar-refractivity contribution < 1.29 is 27.5 Å². The number of nitrogens with one attached hydrogen (secondary N) is 1. The third-order valence-corrected chi connectivity index (χ3v) is 7.11. The molecule has 0 atom stereocenters. The number of hydrogen-bond donors (Lipinski definition) is 1. The number of hydrogen-bond acceptors (Lipinski definition) is 6. The van der Waals surface area contributed by atoms with E-state index in [9.17, 15) is 18.0 Å². The van der Waals surface area contributed by atoms with Crippen molar-refractivity contribution in [3.05, 3.63) is 64.7 Å². The minimum absolute atomic E-state index is 0.173. The molecule has 1 fully saturated rings. The summed E-state index contributed by atoms with van der Waals surface area (Å²) in [6.07, 6.45) is 2.65. The fourth-order valence-electron chi connectivity index (χ4n) is 2.97. The Labute approximate surface area is 191 Å². The van der Waals surface area contributed by atoms with E-state index in [1.807, 2.05) is 0 Å². The predicted molar refractivity (Wildman–Crippen MR) is 121 cm³/mol. The Bertz CT molecular complexity index is 1110. The molecule has 0 aliphatic carbocycles. The number of esters is 1. The number of ether oxygens (including phenoxy) is 2. The number of nitrogens with zero attached hydrogens (tertiary/aromatic N) is 1. The fourth-order valence-corrected chi connectivity index (χ4v) is 4.55. The van der Waals surface area contributed by atoms with Gasteiger partial charge in [-0.2, -0.15) is 4.31 Å². The maximum Gasteiger partial charge on any atom is 0.331 e. The molecule has 0 aromatic heterocycles. The van der Waals surface area contributed by atoms with Gasteiger partial charge in [0, 0.05) is 29.9 Å². The standard InChI is InChI=1S/C22H23ClN2O6S/c1-16-19(23)3-2-4-20(16)24-21(26)15-31-22(27)10-7-17-5-8-18(9-6-17)32(28,29)25-11-13-30-14-12-25/h2-10H,11-15H2,1H3,(H,24,26)/b10-7+. The Morgan fingerprint density at radius 2 is 1.84 bits per heavy atom. The molecule has 8 nitrogen and oxygen atoms in total. The molecule has 10 heteroatoms. The molecule has 1 aliphatic heterocycles. The Hall–Kier alpha value is -2.72. The van der Waals surface area contributed by atoms with Gasteiger partial charge in [0.05, 0.1) is 18.1 Å². The molecule has 0 saturated carbocycles. The molecule has 0 spiro atoms. The zero-order chi connectivity index (χ0) is 23.1. The van der Waals surface area contributed by atoms with Crippen LogP contribution >= 0.6 is 11.6 Å². The summed E-state index contributed by atoms with van der Waals surface area (Å²) in [6, 6.07) is 11.3. The fraction of sp³-hybridized carbons (Fsp3) is 0.273. The Kier molecular flexibility index (Phi) is 8.03. The molecule has 1 heterocycles. The molecule has 170 valence electrons. The van der Waals surface area contributed by atoms with Crippen LogP contribution in [0, 0.1) is 6.92 Å². The maximum atomic E-state index is 12.6. The van der Waals surface area contributed by atoms with Crippen molar-refractivity contribution in [3.8, 4) is 0 Å². The summed E-state index contributed by atoms with van der Waals surface area (Å²) in [5.74, 6) is -1.19. The predicted octanol–water partition coefficient (Wildman–Crippen LogP) is 2.86. The van der Waals surface area contributed by atoms with Crippen molar-refractivity contribution in [2.45, 2.75) is 11.8 Å². The molecule has 1 amide bonds. The zero-order valence-electron chi connectivity index (χ0n) is 17.4. The summed E-state index contributed by atoms with van der Waals surface area (Å²) < 4.78 is 36.7. The van der Waals surface area contributed by atoms with Gasteiger partial charge < -0.3 is 14.8 Å². The number of rotatable bonds is 7.